The number of ether oxygens (including phenoxy) is 1. The molecule has 96 valence electrons. The minimum Gasteiger partial charge on any atom is -0.477 e. The number of likely N-dealkylation sites (N-methyl/N-ethyl adjacent to an activating group) is 1. The van der Waals surface area contributed by atoms with Crippen LogP contribution in [0.25, 0.3) is 0 Å². The van der Waals surface area contributed by atoms with Gasteiger partial charge in [0.2, 0.25) is 0 Å². The lowest BCUT2D eigenvalue weighted by Crippen LogP contribution is -2.25. The molecule has 0 radical (unpaired) electrons. The van der Waals surface area contributed by atoms with E-state index in [1.165, 1.54) is 37.1 Å². The van der Waals surface area contributed by atoms with Crippen LogP contribution in [-0.4, -0.2) is 36.6 Å². The Morgan fingerprint density at radius 2 is 2.24 bits per heavy atom. The monoisotopic (exact) mass is 241 g/mol. The fourth-order valence-electron chi connectivity index (χ4n) is 1.25. The Balaban J connectivity index is 2.27. The molecule has 1 fully saturated rings. The van der Waals surface area contributed by atoms with E-state index in [-0.39, 0.29) is 12.5 Å². The summed E-state index contributed by atoms with van der Waals surface area (Å²) < 4.78 is 5.33. The fourth-order valence-corrected chi connectivity index (χ4v) is 1.25. The molecule has 0 amide bonds. The summed E-state index contributed by atoms with van der Waals surface area (Å²) >= 11 is 0. The summed E-state index contributed by atoms with van der Waals surface area (Å²) in [6.45, 7) is 6.30. The topological polar surface area (TPSA) is 59.0 Å². The van der Waals surface area contributed by atoms with Crippen LogP contribution in [0.5, 0.6) is 0 Å². The number of hydrogen-bond acceptors (Lipinski definition) is 4. The molecule has 0 aromatic rings. The number of rotatable bonds is 8. The Hall–Kier alpha value is -1.33. The summed E-state index contributed by atoms with van der Waals surface area (Å²) in [4.78, 5) is 16.0. The predicted octanol–water partition coefficient (Wildman–Crippen LogP) is 1.78. The van der Waals surface area contributed by atoms with Gasteiger partial charge in [0, 0.05) is 7.05 Å². The maximum absolute atomic E-state index is 10.9. The lowest BCUT2D eigenvalue weighted by molar-refractivity contribution is -0.200. The summed E-state index contributed by atoms with van der Waals surface area (Å²) in [6, 6.07) is 0. The molecule has 5 heteroatoms. The number of allylic oxidation sites excluding steroid dienone is 2. The third-order valence-corrected chi connectivity index (χ3v) is 2.72. The molecule has 0 atom stereocenters. The molecule has 0 aromatic heterocycles. The van der Waals surface area contributed by atoms with Gasteiger partial charge >= 0.3 is 5.97 Å². The predicted molar refractivity (Wildman–Crippen MR) is 62.9 cm³/mol. The molecule has 0 aliphatic heterocycles. The molecule has 1 saturated carbocycles. The van der Waals surface area contributed by atoms with Crippen LogP contribution in [0.1, 0.15) is 19.8 Å². The maximum Gasteiger partial charge on any atom is 0.354 e. The molecule has 0 unspecified atom stereocenters. The molecule has 0 saturated heterocycles. The average molecular weight is 241 g/mol. The highest BCUT2D eigenvalue weighted by Gasteiger charge is 2.37. The van der Waals surface area contributed by atoms with E-state index in [9.17, 15) is 4.79 Å². The summed E-state index contributed by atoms with van der Waals surface area (Å²) in [5.74, 6) is -1.07. The minimum atomic E-state index is -1.07. The van der Waals surface area contributed by atoms with E-state index < -0.39 is 5.97 Å². The Kier molecular flexibility index (Phi) is 4.72. The molecule has 1 aliphatic carbocycles. The standard InChI is InChI=1S/C12H19NO4/c1-4-5-10(11(14)15)13(3)17-9-16-8-12(2)6-7-12/h4-5H,1,6-9H2,2-3H3,(H,14,15)/b10-5-. The van der Waals surface area contributed by atoms with Crippen molar-refractivity contribution < 1.29 is 19.5 Å². The van der Waals surface area contributed by atoms with E-state index in [1.807, 2.05) is 0 Å². The van der Waals surface area contributed by atoms with Gasteiger partial charge < -0.3 is 9.84 Å². The third-order valence-electron chi connectivity index (χ3n) is 2.72. The Morgan fingerprint density at radius 3 is 2.71 bits per heavy atom. The fraction of sp³-hybridized carbons (Fsp3) is 0.583. The van der Waals surface area contributed by atoms with Crippen LogP contribution in [0.15, 0.2) is 24.4 Å². The Morgan fingerprint density at radius 1 is 1.59 bits per heavy atom. The summed E-state index contributed by atoms with van der Waals surface area (Å²) in [6.07, 6.45) is 5.12. The molecule has 0 bridgehead atoms. The van der Waals surface area contributed by atoms with Gasteiger partial charge in [0.05, 0.1) is 6.61 Å². The molecule has 5 nitrogen and oxygen atoms in total. The number of hydrogen-bond donors (Lipinski definition) is 1. The van der Waals surface area contributed by atoms with E-state index in [1.54, 1.807) is 0 Å². The van der Waals surface area contributed by atoms with Gasteiger partial charge in [0.25, 0.3) is 0 Å². The van der Waals surface area contributed by atoms with Crippen molar-refractivity contribution in [1.82, 2.24) is 5.06 Å². The molecular weight excluding hydrogens is 222 g/mol. The van der Waals surface area contributed by atoms with Crippen LogP contribution in [-0.2, 0) is 14.4 Å². The zero-order valence-corrected chi connectivity index (χ0v) is 10.3. The number of aliphatic carboxylic acids is 1. The maximum atomic E-state index is 10.9. The van der Waals surface area contributed by atoms with Crippen molar-refractivity contribution in [1.29, 1.82) is 0 Å². The first-order valence-electron chi connectivity index (χ1n) is 5.49. The zero-order chi connectivity index (χ0) is 12.9. The van der Waals surface area contributed by atoms with Crippen LogP contribution in [0.2, 0.25) is 0 Å². The van der Waals surface area contributed by atoms with Crippen LogP contribution >= 0.6 is 0 Å². The lowest BCUT2D eigenvalue weighted by atomic mass is 10.2. The number of carbonyl (C=O) groups is 1. The SMILES string of the molecule is C=C/C=C(/C(=O)O)N(C)OCOCC1(C)CC1. The first-order chi connectivity index (χ1) is 7.98. The highest BCUT2D eigenvalue weighted by molar-refractivity contribution is 5.85. The first-order valence-corrected chi connectivity index (χ1v) is 5.49. The van der Waals surface area contributed by atoms with Gasteiger partial charge in [-0.15, -0.1) is 0 Å². The number of carboxylic acid groups (broad SMARTS) is 1. The average Bonchev–Trinajstić information content (AvgIpc) is 2.99. The highest BCUT2D eigenvalue weighted by Crippen LogP contribution is 2.44. The lowest BCUT2D eigenvalue weighted by Gasteiger charge is -2.19. The van der Waals surface area contributed by atoms with E-state index >= 15 is 0 Å². The van der Waals surface area contributed by atoms with Gasteiger partial charge in [-0.2, -0.15) is 0 Å². The van der Waals surface area contributed by atoms with E-state index in [0.717, 1.165) is 0 Å². The van der Waals surface area contributed by atoms with Crippen molar-refractivity contribution >= 4 is 5.97 Å². The Labute approximate surface area is 101 Å². The van der Waals surface area contributed by atoms with Crippen molar-refractivity contribution in [3.63, 3.8) is 0 Å². The zero-order valence-electron chi connectivity index (χ0n) is 10.3. The van der Waals surface area contributed by atoms with Gasteiger partial charge in [-0.1, -0.05) is 19.6 Å². The molecule has 0 aromatic carbocycles. The second kappa shape index (κ2) is 5.84. The van der Waals surface area contributed by atoms with E-state index in [2.05, 4.69) is 13.5 Å². The van der Waals surface area contributed by atoms with E-state index in [0.29, 0.717) is 12.0 Å². The van der Waals surface area contributed by atoms with Gasteiger partial charge in [-0.05, 0) is 24.3 Å². The third kappa shape index (κ3) is 4.58. The quantitative estimate of drug-likeness (QED) is 0.231. The number of hydroxylamine groups is 2. The molecular formula is C12H19NO4. The van der Waals surface area contributed by atoms with Gasteiger partial charge in [0.1, 0.15) is 5.70 Å². The van der Waals surface area contributed by atoms with Gasteiger partial charge in [-0.25, -0.2) is 14.7 Å². The second-order valence-corrected chi connectivity index (χ2v) is 4.50. The minimum absolute atomic E-state index is 0.0150. The Bertz CT molecular complexity index is 320. The van der Waals surface area contributed by atoms with Crippen LogP contribution in [0, 0.1) is 5.41 Å². The van der Waals surface area contributed by atoms with E-state index in [4.69, 9.17) is 14.7 Å². The molecule has 1 aliphatic rings. The largest absolute Gasteiger partial charge is 0.477 e. The molecule has 17 heavy (non-hydrogen) atoms. The number of nitrogens with zero attached hydrogens (tertiary/aromatic N) is 1. The highest BCUT2D eigenvalue weighted by atomic mass is 16.8. The molecule has 0 heterocycles. The second-order valence-electron chi connectivity index (χ2n) is 4.50. The van der Waals surface area contributed by atoms with Crippen molar-refractivity contribution in [2.75, 3.05) is 20.4 Å². The van der Waals surface area contributed by atoms with Crippen molar-refractivity contribution in [3.8, 4) is 0 Å². The van der Waals surface area contributed by atoms with Crippen LogP contribution < -0.4 is 0 Å². The molecule has 1 rings (SSSR count). The van der Waals surface area contributed by atoms with Crippen molar-refractivity contribution in [3.05, 3.63) is 24.4 Å². The molecule has 0 spiro atoms. The van der Waals surface area contributed by atoms with Crippen LogP contribution in [0.3, 0.4) is 0 Å². The summed E-state index contributed by atoms with van der Waals surface area (Å²) in [7, 11) is 1.52. The number of carboxylic acids is 1. The summed E-state index contributed by atoms with van der Waals surface area (Å²) in [5.41, 5.74) is 0.315. The first kappa shape index (κ1) is 13.7. The molecule has 1 N–H and O–H groups in total. The van der Waals surface area contributed by atoms with Gasteiger partial charge in [-0.3, -0.25) is 0 Å². The smallest absolute Gasteiger partial charge is 0.354 e. The normalized spacial score (nSPS) is 17.6. The van der Waals surface area contributed by atoms with Crippen molar-refractivity contribution in [2.24, 2.45) is 5.41 Å². The van der Waals surface area contributed by atoms with Gasteiger partial charge in [0.15, 0.2) is 6.79 Å². The summed E-state index contributed by atoms with van der Waals surface area (Å²) in [5, 5.41) is 10.1. The van der Waals surface area contributed by atoms with Crippen LogP contribution in [0.4, 0.5) is 0 Å². The van der Waals surface area contributed by atoms with Crippen molar-refractivity contribution in [2.45, 2.75) is 19.8 Å².